The first-order valence-corrected chi connectivity index (χ1v) is 11.0. The average molecular weight is 495 g/mol. The van der Waals surface area contributed by atoms with E-state index in [1.807, 2.05) is 0 Å². The standard InChI is InChI=1S/C21H30N6O8/c1-10(2)17(28)32-9-21(25-26-23)15(34-19(30)12(5)6)14(33-18(29)11(3)4)16(35-21)27-8-7-13(22)24-20(27)31/h7-8,10-12,14-16H,9H2,1-6H3,(H2,22,24,31)/t14-,15+,16-,21-/m0/s1. The number of hydrogen-bond acceptors (Lipinski definition) is 11. The average Bonchev–Trinajstić information content (AvgIpc) is 3.05. The number of azide groups is 1. The van der Waals surface area contributed by atoms with E-state index in [4.69, 9.17) is 24.7 Å². The Bertz CT molecular complexity index is 1060. The molecule has 0 radical (unpaired) electrons. The summed E-state index contributed by atoms with van der Waals surface area (Å²) in [5, 5.41) is 3.66. The largest absolute Gasteiger partial charge is 0.462 e. The molecule has 0 aliphatic carbocycles. The van der Waals surface area contributed by atoms with Crippen molar-refractivity contribution in [2.75, 3.05) is 12.3 Å². The molecule has 14 heteroatoms. The topological polar surface area (TPSA) is 198 Å². The zero-order valence-electron chi connectivity index (χ0n) is 20.4. The molecule has 1 saturated heterocycles. The molecule has 1 fully saturated rings. The summed E-state index contributed by atoms with van der Waals surface area (Å²) < 4.78 is 23.3. The van der Waals surface area contributed by atoms with Crippen LogP contribution < -0.4 is 11.4 Å². The number of nitrogens with two attached hydrogens (primary N) is 1. The number of hydrogen-bond donors (Lipinski definition) is 1. The number of aromatic nitrogens is 2. The van der Waals surface area contributed by atoms with Crippen molar-refractivity contribution < 1.29 is 33.3 Å². The fourth-order valence-corrected chi connectivity index (χ4v) is 3.04. The normalized spacial score (nSPS) is 23.7. The second-order valence-corrected chi connectivity index (χ2v) is 8.92. The van der Waals surface area contributed by atoms with E-state index in [2.05, 4.69) is 15.0 Å². The first kappa shape index (κ1) is 27.6. The molecule has 0 unspecified atom stereocenters. The predicted molar refractivity (Wildman–Crippen MR) is 120 cm³/mol. The fourth-order valence-electron chi connectivity index (χ4n) is 3.04. The van der Waals surface area contributed by atoms with Crippen molar-refractivity contribution in [1.82, 2.24) is 9.55 Å². The maximum absolute atomic E-state index is 12.6. The maximum Gasteiger partial charge on any atom is 0.351 e. The third-order valence-corrected chi connectivity index (χ3v) is 5.02. The first-order chi connectivity index (χ1) is 16.3. The SMILES string of the molecule is CC(C)C(=O)OC[C@]1(N=[N+]=[N-])O[C@H](n2ccc(N)nc2=O)[C@@H](OC(=O)C(C)C)[C@H]1OC(=O)C(C)C. The van der Waals surface area contributed by atoms with Gasteiger partial charge in [-0.05, 0) is 11.6 Å². The van der Waals surface area contributed by atoms with Crippen LogP contribution in [0.25, 0.3) is 10.4 Å². The van der Waals surface area contributed by atoms with Crippen molar-refractivity contribution in [3.8, 4) is 0 Å². The number of ether oxygens (including phenoxy) is 4. The van der Waals surface area contributed by atoms with Crippen molar-refractivity contribution >= 4 is 23.7 Å². The van der Waals surface area contributed by atoms with Crippen LogP contribution in [0.1, 0.15) is 47.8 Å². The van der Waals surface area contributed by atoms with Gasteiger partial charge in [0.15, 0.2) is 18.4 Å². The molecule has 0 bridgehead atoms. The van der Waals surface area contributed by atoms with Gasteiger partial charge in [-0.2, -0.15) is 4.98 Å². The van der Waals surface area contributed by atoms with Crippen LogP contribution >= 0.6 is 0 Å². The molecule has 1 aliphatic rings. The summed E-state index contributed by atoms with van der Waals surface area (Å²) in [7, 11) is 0. The lowest BCUT2D eigenvalue weighted by Crippen LogP contribution is -2.50. The molecule has 2 N–H and O–H groups in total. The van der Waals surface area contributed by atoms with Gasteiger partial charge in [0.05, 0.1) is 17.8 Å². The van der Waals surface area contributed by atoms with Gasteiger partial charge in [0.1, 0.15) is 12.4 Å². The third kappa shape index (κ3) is 6.28. The smallest absolute Gasteiger partial charge is 0.351 e. The van der Waals surface area contributed by atoms with E-state index in [0.717, 1.165) is 4.57 Å². The summed E-state index contributed by atoms with van der Waals surface area (Å²) in [6.07, 6.45) is -3.28. The Labute approximate surface area is 201 Å². The Morgan fingerprint density at radius 3 is 2.23 bits per heavy atom. The lowest BCUT2D eigenvalue weighted by molar-refractivity contribution is -0.182. The highest BCUT2D eigenvalue weighted by atomic mass is 16.7. The molecule has 4 atom stereocenters. The number of carbonyl (C=O) groups is 3. The molecular formula is C21H30N6O8. The first-order valence-electron chi connectivity index (χ1n) is 11.0. The highest BCUT2D eigenvalue weighted by Crippen LogP contribution is 2.42. The van der Waals surface area contributed by atoms with Crippen LogP contribution in [0.3, 0.4) is 0 Å². The van der Waals surface area contributed by atoms with Gasteiger partial charge < -0.3 is 24.7 Å². The quantitative estimate of drug-likeness (QED) is 0.173. The summed E-state index contributed by atoms with van der Waals surface area (Å²) in [5.74, 6) is -3.94. The molecular weight excluding hydrogens is 464 g/mol. The van der Waals surface area contributed by atoms with E-state index in [-0.39, 0.29) is 5.82 Å². The lowest BCUT2D eigenvalue weighted by atomic mass is 10.0. The minimum Gasteiger partial charge on any atom is -0.462 e. The molecule has 0 aromatic carbocycles. The second-order valence-electron chi connectivity index (χ2n) is 8.92. The third-order valence-electron chi connectivity index (χ3n) is 5.02. The van der Waals surface area contributed by atoms with Crippen LogP contribution in [0.4, 0.5) is 5.82 Å². The zero-order valence-corrected chi connectivity index (χ0v) is 20.4. The minimum absolute atomic E-state index is 0.0741. The molecule has 0 amide bonds. The molecule has 1 aromatic rings. The summed E-state index contributed by atoms with van der Waals surface area (Å²) in [4.78, 5) is 56.4. The molecule has 1 aliphatic heterocycles. The molecule has 14 nitrogen and oxygen atoms in total. The number of nitrogens with zero attached hydrogens (tertiary/aromatic N) is 5. The monoisotopic (exact) mass is 494 g/mol. The molecule has 35 heavy (non-hydrogen) atoms. The van der Waals surface area contributed by atoms with E-state index in [9.17, 15) is 24.7 Å². The van der Waals surface area contributed by atoms with E-state index >= 15 is 0 Å². The molecule has 0 saturated carbocycles. The molecule has 192 valence electrons. The second kappa shape index (κ2) is 11.2. The van der Waals surface area contributed by atoms with Gasteiger partial charge in [0.25, 0.3) is 0 Å². The molecule has 0 spiro atoms. The summed E-state index contributed by atoms with van der Waals surface area (Å²) in [6, 6.07) is 1.30. The lowest BCUT2D eigenvalue weighted by Gasteiger charge is -2.30. The van der Waals surface area contributed by atoms with Crippen molar-refractivity contribution in [2.24, 2.45) is 22.9 Å². The van der Waals surface area contributed by atoms with Gasteiger partial charge in [-0.15, -0.1) is 0 Å². The number of rotatable bonds is 9. The summed E-state index contributed by atoms with van der Waals surface area (Å²) in [6.45, 7) is 8.76. The van der Waals surface area contributed by atoms with E-state index in [1.165, 1.54) is 12.3 Å². The van der Waals surface area contributed by atoms with Crippen molar-refractivity contribution in [3.63, 3.8) is 0 Å². The number of anilines is 1. The Morgan fingerprint density at radius 2 is 1.71 bits per heavy atom. The van der Waals surface area contributed by atoms with Crippen LogP contribution in [-0.2, 0) is 33.3 Å². The van der Waals surface area contributed by atoms with Gasteiger partial charge in [0, 0.05) is 11.1 Å². The summed E-state index contributed by atoms with van der Waals surface area (Å²) >= 11 is 0. The predicted octanol–water partition coefficient (Wildman–Crippen LogP) is 1.70. The number of esters is 3. The van der Waals surface area contributed by atoms with Gasteiger partial charge in [0.2, 0.25) is 5.72 Å². The van der Waals surface area contributed by atoms with Crippen LogP contribution in [0, 0.1) is 17.8 Å². The van der Waals surface area contributed by atoms with Crippen LogP contribution in [0.15, 0.2) is 22.2 Å². The molecule has 2 heterocycles. The molecule has 1 aromatic heterocycles. The van der Waals surface area contributed by atoms with Crippen LogP contribution in [-0.4, -0.2) is 52.0 Å². The van der Waals surface area contributed by atoms with E-state index < -0.39 is 72.1 Å². The highest BCUT2D eigenvalue weighted by Gasteiger charge is 2.61. The number of carbonyl (C=O) groups excluding carboxylic acids is 3. The van der Waals surface area contributed by atoms with E-state index in [0.29, 0.717) is 0 Å². The van der Waals surface area contributed by atoms with Crippen molar-refractivity contribution in [2.45, 2.75) is 65.7 Å². The Hall–Kier alpha value is -3.64. The zero-order chi connectivity index (χ0) is 26.5. The highest BCUT2D eigenvalue weighted by molar-refractivity contribution is 5.73. The Kier molecular flexibility index (Phi) is 8.83. The maximum atomic E-state index is 12.6. The number of nitrogen functional groups attached to an aromatic ring is 1. The Morgan fingerprint density at radius 1 is 1.14 bits per heavy atom. The van der Waals surface area contributed by atoms with E-state index in [1.54, 1.807) is 41.5 Å². The van der Waals surface area contributed by atoms with Gasteiger partial charge in [-0.1, -0.05) is 46.7 Å². The van der Waals surface area contributed by atoms with Gasteiger partial charge >= 0.3 is 23.6 Å². The van der Waals surface area contributed by atoms with Gasteiger partial charge in [-0.3, -0.25) is 19.0 Å². The minimum atomic E-state index is -2.17. The van der Waals surface area contributed by atoms with Gasteiger partial charge in [-0.25, -0.2) is 4.79 Å². The van der Waals surface area contributed by atoms with Crippen LogP contribution in [0.5, 0.6) is 0 Å². The van der Waals surface area contributed by atoms with Crippen LogP contribution in [0.2, 0.25) is 0 Å². The van der Waals surface area contributed by atoms with Crippen molar-refractivity contribution in [3.05, 3.63) is 33.2 Å². The Balaban J connectivity index is 2.69. The van der Waals surface area contributed by atoms with Crippen molar-refractivity contribution in [1.29, 1.82) is 0 Å². The fraction of sp³-hybridized carbons (Fsp3) is 0.667. The molecule has 2 rings (SSSR count). The summed E-state index contributed by atoms with van der Waals surface area (Å²) in [5.41, 5.74) is 11.9.